The summed E-state index contributed by atoms with van der Waals surface area (Å²) in [7, 11) is -4.76. The largest absolute Gasteiger partial charge is 0.480 e. The van der Waals surface area contributed by atoms with Gasteiger partial charge in [-0.05, 0) is 64.2 Å². The normalized spacial score (nSPS) is 14.4. The van der Waals surface area contributed by atoms with Crippen molar-refractivity contribution >= 4 is 25.7 Å². The quantitative estimate of drug-likeness (QED) is 0.0202. The van der Waals surface area contributed by atoms with Crippen LogP contribution in [0.3, 0.4) is 0 Å². The van der Waals surface area contributed by atoms with Gasteiger partial charge in [0.2, 0.25) is 5.91 Å². The molecule has 0 fully saturated rings. The summed E-state index contributed by atoms with van der Waals surface area (Å²) in [4.78, 5) is 45.9. The molecule has 0 rings (SSSR count). The van der Waals surface area contributed by atoms with Crippen molar-refractivity contribution in [3.63, 3.8) is 0 Å². The molecule has 11 nitrogen and oxygen atoms in total. The third-order valence-corrected chi connectivity index (χ3v) is 9.96. The molecule has 0 aromatic rings. The summed E-state index contributed by atoms with van der Waals surface area (Å²) in [5, 5.41) is 21.8. The summed E-state index contributed by atoms with van der Waals surface area (Å²) in [6.45, 7) is 2.44. The topological polar surface area (TPSA) is 169 Å². The highest BCUT2D eigenvalue weighted by atomic mass is 31.2. The van der Waals surface area contributed by atoms with Gasteiger partial charge in [-0.15, -0.1) is 0 Å². The Kier molecular flexibility index (Phi) is 38.5. The number of carboxylic acid groups (broad SMARTS) is 1. The van der Waals surface area contributed by atoms with E-state index in [1.807, 2.05) is 0 Å². The summed E-state index contributed by atoms with van der Waals surface area (Å²) in [6.07, 6.45) is 47.8. The molecule has 0 bridgehead atoms. The molecule has 58 heavy (non-hydrogen) atoms. The third kappa shape index (κ3) is 39.7. The average molecular weight is 836 g/mol. The van der Waals surface area contributed by atoms with Gasteiger partial charge in [-0.1, -0.05) is 164 Å². The highest BCUT2D eigenvalue weighted by Gasteiger charge is 2.28. The van der Waals surface area contributed by atoms with Crippen LogP contribution < -0.4 is 5.32 Å². The molecular formula is C46H78NO10P. The lowest BCUT2D eigenvalue weighted by molar-refractivity contribution is -0.147. The Bertz CT molecular complexity index is 1260. The zero-order valence-corrected chi connectivity index (χ0v) is 36.7. The second-order valence-corrected chi connectivity index (χ2v) is 16.0. The number of rotatable bonds is 40. The minimum Gasteiger partial charge on any atom is -0.480 e. The lowest BCUT2D eigenvalue weighted by Gasteiger charge is -2.18. The number of phosphoric acid groups is 1. The average Bonchev–Trinajstić information content (AvgIpc) is 3.20. The molecule has 3 atom stereocenters. The molecule has 0 aromatic carbocycles. The van der Waals surface area contributed by atoms with Crippen molar-refractivity contribution in [1.29, 1.82) is 0 Å². The van der Waals surface area contributed by atoms with E-state index in [9.17, 15) is 34.1 Å². The predicted octanol–water partition coefficient (Wildman–Crippen LogP) is 11.3. The number of esters is 1. The number of carbonyl (C=O) groups excluding carboxylic acids is 2. The SMILES string of the molecule is CC/C=C\C/C=C\C/C=C\C/C=C\C/C=C\C/C=C\CCCCCCC(=O)NC(COP(=O)(O)OCC(O)COC(=O)CCCCCCCCCCCCC)C(=O)O. The Morgan fingerprint density at radius 3 is 1.50 bits per heavy atom. The number of hydrogen-bond acceptors (Lipinski definition) is 8. The van der Waals surface area contributed by atoms with Crippen LogP contribution in [0.1, 0.15) is 168 Å². The van der Waals surface area contributed by atoms with E-state index in [0.717, 1.165) is 83.5 Å². The first-order valence-corrected chi connectivity index (χ1v) is 23.5. The predicted molar refractivity (Wildman–Crippen MR) is 235 cm³/mol. The fourth-order valence-corrected chi connectivity index (χ4v) is 6.38. The van der Waals surface area contributed by atoms with E-state index in [2.05, 4.69) is 92.1 Å². The summed E-state index contributed by atoms with van der Waals surface area (Å²) in [5.41, 5.74) is 0. The Balaban J connectivity index is 3.98. The van der Waals surface area contributed by atoms with Crippen molar-refractivity contribution in [3.05, 3.63) is 72.9 Å². The second-order valence-electron chi connectivity index (χ2n) is 14.5. The lowest BCUT2D eigenvalue weighted by atomic mass is 10.1. The van der Waals surface area contributed by atoms with E-state index in [1.165, 1.54) is 44.9 Å². The molecule has 1 amide bonds. The first-order valence-electron chi connectivity index (χ1n) is 22.0. The Labute approximate surface area is 350 Å². The monoisotopic (exact) mass is 836 g/mol. The number of carbonyl (C=O) groups is 3. The van der Waals surface area contributed by atoms with Gasteiger partial charge < -0.3 is 25.2 Å². The van der Waals surface area contributed by atoms with Crippen LogP contribution in [0.5, 0.6) is 0 Å². The molecule has 0 spiro atoms. The molecule has 0 saturated carbocycles. The highest BCUT2D eigenvalue weighted by Crippen LogP contribution is 2.43. The van der Waals surface area contributed by atoms with E-state index in [-0.39, 0.29) is 12.8 Å². The van der Waals surface area contributed by atoms with Gasteiger partial charge in [0.05, 0.1) is 13.2 Å². The van der Waals surface area contributed by atoms with E-state index < -0.39 is 57.6 Å². The maximum absolute atomic E-state index is 12.3. The van der Waals surface area contributed by atoms with Crippen molar-refractivity contribution in [2.24, 2.45) is 0 Å². The molecule has 0 aliphatic carbocycles. The van der Waals surface area contributed by atoms with E-state index in [4.69, 9.17) is 13.8 Å². The van der Waals surface area contributed by atoms with Crippen molar-refractivity contribution in [3.8, 4) is 0 Å². The van der Waals surface area contributed by atoms with Crippen LogP contribution in [0, 0.1) is 0 Å². The number of aliphatic carboxylic acids is 1. The number of phosphoric ester groups is 1. The van der Waals surface area contributed by atoms with Crippen LogP contribution in [-0.2, 0) is 32.7 Å². The maximum Gasteiger partial charge on any atom is 0.472 e. The van der Waals surface area contributed by atoms with Gasteiger partial charge in [-0.3, -0.25) is 18.6 Å². The molecule has 0 aliphatic heterocycles. The summed E-state index contributed by atoms with van der Waals surface area (Å²) < 4.78 is 26.8. The van der Waals surface area contributed by atoms with Crippen molar-refractivity contribution in [2.45, 2.75) is 180 Å². The van der Waals surface area contributed by atoms with E-state index >= 15 is 0 Å². The van der Waals surface area contributed by atoms with E-state index in [0.29, 0.717) is 12.8 Å². The number of aliphatic hydroxyl groups is 1. The highest BCUT2D eigenvalue weighted by molar-refractivity contribution is 7.47. The molecule has 4 N–H and O–H groups in total. The number of unbranched alkanes of at least 4 members (excludes halogenated alkanes) is 14. The van der Waals surface area contributed by atoms with Crippen LogP contribution >= 0.6 is 7.82 Å². The summed E-state index contributed by atoms with van der Waals surface area (Å²) in [5.74, 6) is -2.42. The molecule has 0 heterocycles. The molecular weight excluding hydrogens is 757 g/mol. The molecule has 332 valence electrons. The summed E-state index contributed by atoms with van der Waals surface area (Å²) in [6, 6.07) is -1.56. The molecule has 0 aromatic heterocycles. The zero-order chi connectivity index (χ0) is 42.8. The van der Waals surface area contributed by atoms with Crippen molar-refractivity contribution in [2.75, 3.05) is 19.8 Å². The molecule has 12 heteroatoms. The second kappa shape index (κ2) is 40.7. The van der Waals surface area contributed by atoms with E-state index in [1.54, 1.807) is 0 Å². The van der Waals surface area contributed by atoms with Gasteiger partial charge in [0.15, 0.2) is 6.04 Å². The van der Waals surface area contributed by atoms with Crippen LogP contribution in [0.25, 0.3) is 0 Å². The Hall–Kier alpha value is -3.08. The van der Waals surface area contributed by atoms with Crippen LogP contribution in [0.2, 0.25) is 0 Å². The minimum absolute atomic E-state index is 0.112. The van der Waals surface area contributed by atoms with Crippen molar-refractivity contribution < 1.29 is 47.8 Å². The molecule has 3 unspecified atom stereocenters. The number of nitrogens with one attached hydrogen (secondary N) is 1. The first-order chi connectivity index (χ1) is 28.1. The molecule has 0 saturated heterocycles. The fourth-order valence-electron chi connectivity index (χ4n) is 5.61. The third-order valence-electron chi connectivity index (χ3n) is 9.01. The maximum atomic E-state index is 12.3. The van der Waals surface area contributed by atoms with Gasteiger partial charge in [0.25, 0.3) is 0 Å². The zero-order valence-electron chi connectivity index (χ0n) is 35.8. The number of carboxylic acids is 1. The van der Waals surface area contributed by atoms with Gasteiger partial charge in [-0.2, -0.15) is 0 Å². The van der Waals surface area contributed by atoms with Crippen LogP contribution in [0.4, 0.5) is 0 Å². The minimum atomic E-state index is -4.76. The smallest absolute Gasteiger partial charge is 0.472 e. The van der Waals surface area contributed by atoms with Crippen LogP contribution in [-0.4, -0.2) is 64.9 Å². The Morgan fingerprint density at radius 2 is 1.00 bits per heavy atom. The summed E-state index contributed by atoms with van der Waals surface area (Å²) >= 11 is 0. The van der Waals surface area contributed by atoms with Crippen LogP contribution in [0.15, 0.2) is 72.9 Å². The standard InChI is InChI=1S/C46H78NO10P/c1-3-5-7-9-11-13-15-16-17-18-19-20-21-22-23-24-25-26-28-29-31-33-35-37-44(49)47-43(46(51)52)41-57-58(53,54)56-40-42(48)39-55-45(50)38-36-34-32-30-27-14-12-10-8-6-4-2/h5,7,11,13,16-17,19-20,22-23,25-26,42-43,48H,3-4,6,8-10,12,14-15,18,21,24,27-41H2,1-2H3,(H,47,49)(H,51,52)(H,53,54)/b7-5-,13-11-,17-16-,20-19-,23-22-,26-25-. The molecule has 0 aliphatic rings. The first kappa shape index (κ1) is 54.9. The van der Waals surface area contributed by atoms with Gasteiger partial charge in [-0.25, -0.2) is 9.36 Å². The lowest BCUT2D eigenvalue weighted by Crippen LogP contribution is -2.43. The molecule has 0 radical (unpaired) electrons. The van der Waals surface area contributed by atoms with Gasteiger partial charge >= 0.3 is 19.8 Å². The Morgan fingerprint density at radius 1 is 0.569 bits per heavy atom. The van der Waals surface area contributed by atoms with Crippen molar-refractivity contribution in [1.82, 2.24) is 5.32 Å². The van der Waals surface area contributed by atoms with Gasteiger partial charge in [0.1, 0.15) is 12.7 Å². The van der Waals surface area contributed by atoms with Gasteiger partial charge in [0, 0.05) is 12.8 Å². The number of allylic oxidation sites excluding steroid dienone is 12. The number of amides is 1. The number of ether oxygens (including phenoxy) is 1. The number of aliphatic hydroxyl groups excluding tert-OH is 1. The number of hydrogen-bond donors (Lipinski definition) is 4. The fraction of sp³-hybridized carbons (Fsp3) is 0.674.